The second-order valence-corrected chi connectivity index (χ2v) is 7.06. The second-order valence-electron chi connectivity index (χ2n) is 6.20. The lowest BCUT2D eigenvalue weighted by molar-refractivity contribution is -0.118. The zero-order valence-corrected chi connectivity index (χ0v) is 15.0. The van der Waals surface area contributed by atoms with Gasteiger partial charge in [0.1, 0.15) is 0 Å². The molecular weight excluding hydrogens is 350 g/mol. The van der Waals surface area contributed by atoms with E-state index in [1.54, 1.807) is 17.5 Å². The highest BCUT2D eigenvalue weighted by atomic mass is 32.1. The molecule has 4 rings (SSSR count). The van der Waals surface area contributed by atoms with Crippen molar-refractivity contribution in [2.45, 2.75) is 25.8 Å². The lowest BCUT2D eigenvalue weighted by atomic mass is 10.1. The van der Waals surface area contributed by atoms with Crippen molar-refractivity contribution in [2.24, 2.45) is 0 Å². The topological polar surface area (TPSA) is 75.4 Å². The van der Waals surface area contributed by atoms with Gasteiger partial charge in [0, 0.05) is 17.1 Å². The van der Waals surface area contributed by atoms with Crippen LogP contribution < -0.4 is 10.2 Å². The van der Waals surface area contributed by atoms with Gasteiger partial charge in [-0.05, 0) is 37.1 Å². The van der Waals surface area contributed by atoms with Crippen LogP contribution in [0.2, 0.25) is 0 Å². The number of carbonyl (C=O) groups is 2. The summed E-state index contributed by atoms with van der Waals surface area (Å²) in [6.07, 6.45) is 2.51. The number of rotatable bonds is 4. The summed E-state index contributed by atoms with van der Waals surface area (Å²) in [5.41, 5.74) is 2.82. The maximum Gasteiger partial charge on any atom is 0.293 e. The summed E-state index contributed by atoms with van der Waals surface area (Å²) in [5, 5.41) is 4.92. The van der Waals surface area contributed by atoms with Gasteiger partial charge in [0.15, 0.2) is 10.9 Å². The minimum Gasteiger partial charge on any atom is -0.459 e. The molecule has 0 saturated heterocycles. The average molecular weight is 367 g/mol. The predicted octanol–water partition coefficient (Wildman–Crippen LogP) is 3.51. The quantitative estimate of drug-likeness (QED) is 0.766. The van der Waals surface area contributed by atoms with E-state index in [2.05, 4.69) is 16.4 Å². The van der Waals surface area contributed by atoms with Crippen molar-refractivity contribution in [1.29, 1.82) is 0 Å². The largest absolute Gasteiger partial charge is 0.459 e. The van der Waals surface area contributed by atoms with Gasteiger partial charge in [0.2, 0.25) is 5.91 Å². The first-order valence-corrected chi connectivity index (χ1v) is 9.19. The SMILES string of the molecule is CC1Cc2ccccc2N1C(=O)Cc1csc(NC(=O)c2ccco2)n1. The van der Waals surface area contributed by atoms with Gasteiger partial charge >= 0.3 is 0 Å². The second kappa shape index (κ2) is 6.76. The van der Waals surface area contributed by atoms with E-state index in [4.69, 9.17) is 4.42 Å². The summed E-state index contributed by atoms with van der Waals surface area (Å²) in [6, 6.07) is 11.3. The highest BCUT2D eigenvalue weighted by Crippen LogP contribution is 2.32. The summed E-state index contributed by atoms with van der Waals surface area (Å²) in [6.45, 7) is 2.05. The number of nitrogens with one attached hydrogen (secondary N) is 1. The Balaban J connectivity index is 1.44. The molecule has 7 heteroatoms. The van der Waals surface area contributed by atoms with E-state index >= 15 is 0 Å². The van der Waals surface area contributed by atoms with E-state index in [-0.39, 0.29) is 30.0 Å². The van der Waals surface area contributed by atoms with Crippen LogP contribution in [-0.2, 0) is 17.6 Å². The van der Waals surface area contributed by atoms with Crippen molar-refractivity contribution >= 4 is 34.0 Å². The van der Waals surface area contributed by atoms with Crippen molar-refractivity contribution in [3.8, 4) is 0 Å². The molecule has 1 aromatic carbocycles. The van der Waals surface area contributed by atoms with Crippen LogP contribution in [0.1, 0.15) is 28.7 Å². The van der Waals surface area contributed by atoms with E-state index < -0.39 is 0 Å². The van der Waals surface area contributed by atoms with Gasteiger partial charge in [-0.1, -0.05) is 18.2 Å². The molecule has 1 aliphatic heterocycles. The van der Waals surface area contributed by atoms with Gasteiger partial charge in [0.05, 0.1) is 18.4 Å². The molecule has 0 bridgehead atoms. The Morgan fingerprint density at radius 1 is 1.31 bits per heavy atom. The van der Waals surface area contributed by atoms with Crippen LogP contribution in [0.25, 0.3) is 0 Å². The number of furan rings is 1. The Morgan fingerprint density at radius 3 is 2.96 bits per heavy atom. The molecule has 2 amide bonds. The van der Waals surface area contributed by atoms with E-state index in [9.17, 15) is 9.59 Å². The smallest absolute Gasteiger partial charge is 0.293 e. The molecule has 1 aliphatic rings. The van der Waals surface area contributed by atoms with Crippen molar-refractivity contribution < 1.29 is 14.0 Å². The van der Waals surface area contributed by atoms with E-state index in [0.717, 1.165) is 12.1 Å². The molecule has 0 radical (unpaired) electrons. The number of para-hydroxylation sites is 1. The molecule has 0 aliphatic carbocycles. The zero-order valence-electron chi connectivity index (χ0n) is 14.1. The Morgan fingerprint density at radius 2 is 2.15 bits per heavy atom. The summed E-state index contributed by atoms with van der Waals surface area (Å²) < 4.78 is 5.06. The van der Waals surface area contributed by atoms with Crippen LogP contribution in [0, 0.1) is 0 Å². The monoisotopic (exact) mass is 367 g/mol. The summed E-state index contributed by atoms with van der Waals surface area (Å²) in [7, 11) is 0. The van der Waals surface area contributed by atoms with Crippen LogP contribution in [0.4, 0.5) is 10.8 Å². The van der Waals surface area contributed by atoms with Gasteiger partial charge in [-0.3, -0.25) is 14.9 Å². The normalized spacial score (nSPS) is 15.7. The first-order valence-electron chi connectivity index (χ1n) is 8.31. The first-order chi connectivity index (χ1) is 12.6. The van der Waals surface area contributed by atoms with Gasteiger partial charge in [0.25, 0.3) is 5.91 Å². The minimum absolute atomic E-state index is 0.0108. The Hall–Kier alpha value is -2.93. The molecule has 1 unspecified atom stereocenters. The van der Waals surface area contributed by atoms with Crippen molar-refractivity contribution in [3.05, 3.63) is 65.1 Å². The lowest BCUT2D eigenvalue weighted by Crippen LogP contribution is -2.36. The molecule has 26 heavy (non-hydrogen) atoms. The fourth-order valence-corrected chi connectivity index (χ4v) is 3.90. The number of hydrogen-bond acceptors (Lipinski definition) is 5. The molecule has 1 N–H and O–H groups in total. The molecule has 3 heterocycles. The number of nitrogens with zero attached hydrogens (tertiary/aromatic N) is 2. The Kier molecular flexibility index (Phi) is 4.30. The maximum atomic E-state index is 12.8. The van der Waals surface area contributed by atoms with Crippen molar-refractivity contribution in [2.75, 3.05) is 10.2 Å². The van der Waals surface area contributed by atoms with Crippen LogP contribution in [-0.4, -0.2) is 22.8 Å². The standard InChI is InChI=1S/C19H17N3O3S/c1-12-9-13-5-2-3-6-15(13)22(12)17(23)10-14-11-26-19(20-14)21-18(24)16-7-4-8-25-16/h2-8,11-12H,9-10H2,1H3,(H,20,21,24). The van der Waals surface area contributed by atoms with E-state index in [1.807, 2.05) is 30.0 Å². The average Bonchev–Trinajstić information content (AvgIpc) is 3.33. The van der Waals surface area contributed by atoms with Crippen molar-refractivity contribution in [1.82, 2.24) is 4.98 Å². The van der Waals surface area contributed by atoms with Gasteiger partial charge in [-0.15, -0.1) is 11.3 Å². The maximum absolute atomic E-state index is 12.8. The number of benzene rings is 1. The zero-order chi connectivity index (χ0) is 18.1. The van der Waals surface area contributed by atoms with Gasteiger partial charge in [-0.25, -0.2) is 4.98 Å². The van der Waals surface area contributed by atoms with Crippen LogP contribution >= 0.6 is 11.3 Å². The fourth-order valence-electron chi connectivity index (χ4n) is 3.20. The number of carbonyl (C=O) groups excluding carboxylic acids is 2. The summed E-state index contributed by atoms with van der Waals surface area (Å²) >= 11 is 1.29. The molecule has 0 spiro atoms. The number of fused-ring (bicyclic) bond motifs is 1. The van der Waals surface area contributed by atoms with Crippen molar-refractivity contribution in [3.63, 3.8) is 0 Å². The molecule has 0 saturated carbocycles. The molecular formula is C19H17N3O3S. The van der Waals surface area contributed by atoms with Crippen LogP contribution in [0.5, 0.6) is 0 Å². The third-order valence-corrected chi connectivity index (χ3v) is 5.13. The van der Waals surface area contributed by atoms with E-state index in [1.165, 1.54) is 23.2 Å². The molecule has 0 fully saturated rings. The number of aromatic nitrogens is 1. The molecule has 6 nitrogen and oxygen atoms in total. The molecule has 2 aromatic heterocycles. The number of hydrogen-bond donors (Lipinski definition) is 1. The lowest BCUT2D eigenvalue weighted by Gasteiger charge is -2.22. The fraction of sp³-hybridized carbons (Fsp3) is 0.211. The van der Waals surface area contributed by atoms with Gasteiger partial charge < -0.3 is 9.32 Å². The van der Waals surface area contributed by atoms with Gasteiger partial charge in [-0.2, -0.15) is 0 Å². The van der Waals surface area contributed by atoms with E-state index in [0.29, 0.717) is 10.8 Å². The highest BCUT2D eigenvalue weighted by Gasteiger charge is 2.30. The molecule has 3 aromatic rings. The number of anilines is 2. The van der Waals surface area contributed by atoms with Crippen LogP contribution in [0.3, 0.4) is 0 Å². The molecule has 1 atom stereocenters. The summed E-state index contributed by atoms with van der Waals surface area (Å²) in [4.78, 5) is 31.0. The Bertz CT molecular complexity index is 949. The highest BCUT2D eigenvalue weighted by molar-refractivity contribution is 7.14. The third kappa shape index (κ3) is 3.13. The number of amides is 2. The molecule has 132 valence electrons. The third-order valence-electron chi connectivity index (χ3n) is 4.33. The predicted molar refractivity (Wildman–Crippen MR) is 99.6 cm³/mol. The summed E-state index contributed by atoms with van der Waals surface area (Å²) in [5.74, 6) is -0.124. The van der Waals surface area contributed by atoms with Crippen LogP contribution in [0.15, 0.2) is 52.5 Å². The minimum atomic E-state index is -0.357. The first kappa shape index (κ1) is 16.5. The number of thiazole rings is 1. The Labute approximate surface area is 154 Å².